The molecular weight excluding hydrogens is 604 g/mol. The minimum atomic E-state index is -0.401. The highest BCUT2D eigenvalue weighted by atomic mass is 35.5. The molecule has 232 valence electrons. The van der Waals surface area contributed by atoms with Crippen LogP contribution in [-0.4, -0.2) is 49.9 Å². The molecule has 0 bridgehead atoms. The summed E-state index contributed by atoms with van der Waals surface area (Å²) in [6, 6.07) is 27.0. The Morgan fingerprint density at radius 2 is 1.46 bits per heavy atom. The van der Waals surface area contributed by atoms with Crippen molar-refractivity contribution in [3.05, 3.63) is 107 Å². The zero-order chi connectivity index (χ0) is 31.9. The number of nitrogens with zero attached hydrogens (tertiary/aromatic N) is 5. The van der Waals surface area contributed by atoms with E-state index in [0.29, 0.717) is 45.5 Å². The maximum atomic E-state index is 6.52. The van der Waals surface area contributed by atoms with Crippen molar-refractivity contribution in [3.63, 3.8) is 0 Å². The molecule has 1 aromatic heterocycles. The Kier molecular flexibility index (Phi) is 7.50. The van der Waals surface area contributed by atoms with Crippen molar-refractivity contribution in [1.82, 2.24) is 9.78 Å². The average molecular weight is 635 g/mol. The van der Waals surface area contributed by atoms with Crippen molar-refractivity contribution in [2.45, 2.75) is 13.0 Å². The number of nitrogens with one attached hydrogen (secondary N) is 1. The average Bonchev–Trinajstić information content (AvgIpc) is 3.42. The number of para-hydroxylation sites is 3. The third-order valence-electron chi connectivity index (χ3n) is 8.06. The van der Waals surface area contributed by atoms with Gasteiger partial charge in [-0.25, -0.2) is 14.7 Å². The van der Waals surface area contributed by atoms with Gasteiger partial charge in [0.25, 0.3) is 0 Å². The zero-order valence-corrected chi connectivity index (χ0v) is 26.7. The first-order chi connectivity index (χ1) is 22.4. The molecule has 10 nitrogen and oxygen atoms in total. The smallest absolute Gasteiger partial charge is 0.203 e. The van der Waals surface area contributed by atoms with Crippen LogP contribution >= 0.6 is 11.6 Å². The van der Waals surface area contributed by atoms with Gasteiger partial charge < -0.3 is 29.2 Å². The number of aromatic nitrogens is 2. The van der Waals surface area contributed by atoms with E-state index >= 15 is 0 Å². The quantitative estimate of drug-likeness (QED) is 0.196. The van der Waals surface area contributed by atoms with Crippen molar-refractivity contribution in [3.8, 4) is 28.7 Å². The van der Waals surface area contributed by atoms with Crippen molar-refractivity contribution in [2.75, 3.05) is 38.7 Å². The predicted octanol–water partition coefficient (Wildman–Crippen LogP) is 7.66. The molecule has 7 rings (SSSR count). The maximum absolute atomic E-state index is 6.52. The fourth-order valence-corrected chi connectivity index (χ4v) is 6.26. The number of hydrogen-bond donors (Lipinski definition) is 1. The van der Waals surface area contributed by atoms with E-state index in [9.17, 15) is 0 Å². The molecular formula is C35H31ClN6O4. The molecule has 0 saturated heterocycles. The number of rotatable bonds is 7. The molecule has 46 heavy (non-hydrogen) atoms. The van der Waals surface area contributed by atoms with E-state index in [2.05, 4.69) is 10.2 Å². The van der Waals surface area contributed by atoms with Gasteiger partial charge in [-0.05, 0) is 67.1 Å². The van der Waals surface area contributed by atoms with Crippen molar-refractivity contribution < 1.29 is 18.9 Å². The Hall–Kier alpha value is -5.48. The lowest BCUT2D eigenvalue weighted by Crippen LogP contribution is -2.46. The van der Waals surface area contributed by atoms with E-state index in [1.54, 1.807) is 34.5 Å². The summed E-state index contributed by atoms with van der Waals surface area (Å²) >= 11 is 6.52. The first-order valence-electron chi connectivity index (χ1n) is 14.6. The highest BCUT2D eigenvalue weighted by Crippen LogP contribution is 2.50. The SMILES string of the molecule is COc1ccc(NC2=Nc3ccccc3N3C2=Nc2c(c(C)nn2-c2ccccc2)C3c2cc(OC)c(OC)c(OC)c2)cc1Cl. The standard InChI is InChI=1S/C35H31ClN6O4/c1-20-30-31(21-17-28(44-3)32(46-5)29(18-21)45-4)41-26-14-10-9-13-25(26)38-33(37-22-15-16-27(43-2)24(36)19-22)35(41)39-34(30)42(40-20)23-11-7-6-8-12-23/h6-19,31H,1-5H3,(H,37,38). The van der Waals surface area contributed by atoms with Gasteiger partial charge in [0, 0.05) is 11.3 Å². The van der Waals surface area contributed by atoms with Gasteiger partial charge in [0.1, 0.15) is 5.75 Å². The van der Waals surface area contributed by atoms with E-state index in [4.69, 9.17) is 45.6 Å². The third-order valence-corrected chi connectivity index (χ3v) is 8.35. The molecule has 1 unspecified atom stereocenters. The minimum absolute atomic E-state index is 0.401. The lowest BCUT2D eigenvalue weighted by molar-refractivity contribution is 0.323. The number of aliphatic imine (C=N–C) groups is 2. The van der Waals surface area contributed by atoms with Crippen LogP contribution in [-0.2, 0) is 0 Å². The molecule has 0 saturated carbocycles. The number of hydrogen-bond acceptors (Lipinski definition) is 9. The van der Waals surface area contributed by atoms with Gasteiger partial charge in [0.15, 0.2) is 29.0 Å². The molecule has 5 aromatic rings. The van der Waals surface area contributed by atoms with Gasteiger partial charge >= 0.3 is 0 Å². The summed E-state index contributed by atoms with van der Waals surface area (Å²) in [5, 5.41) is 8.97. The number of anilines is 2. The van der Waals surface area contributed by atoms with E-state index < -0.39 is 6.04 Å². The summed E-state index contributed by atoms with van der Waals surface area (Å²) in [7, 11) is 6.41. The van der Waals surface area contributed by atoms with Crippen molar-refractivity contribution in [2.24, 2.45) is 9.98 Å². The molecule has 0 radical (unpaired) electrons. The van der Waals surface area contributed by atoms with Gasteiger partial charge in [0.2, 0.25) is 5.75 Å². The second-order valence-corrected chi connectivity index (χ2v) is 11.1. The molecule has 1 N–H and O–H groups in total. The fourth-order valence-electron chi connectivity index (χ4n) is 6.00. The highest BCUT2D eigenvalue weighted by Gasteiger charge is 2.42. The summed E-state index contributed by atoms with van der Waals surface area (Å²) in [5.74, 6) is 4.01. The van der Waals surface area contributed by atoms with Gasteiger partial charge in [0.05, 0.1) is 62.3 Å². The topological polar surface area (TPSA) is 94.7 Å². The van der Waals surface area contributed by atoms with Crippen molar-refractivity contribution in [1.29, 1.82) is 0 Å². The van der Waals surface area contributed by atoms with Gasteiger partial charge in [-0.15, -0.1) is 0 Å². The predicted molar refractivity (Wildman–Crippen MR) is 181 cm³/mol. The Labute approximate surface area is 271 Å². The molecule has 11 heteroatoms. The zero-order valence-electron chi connectivity index (χ0n) is 25.9. The lowest BCUT2D eigenvalue weighted by atomic mass is 9.92. The molecule has 0 aliphatic carbocycles. The van der Waals surface area contributed by atoms with E-state index in [1.807, 2.05) is 90.5 Å². The van der Waals surface area contributed by atoms with Gasteiger partial charge in [-0.3, -0.25) is 0 Å². The van der Waals surface area contributed by atoms with Crippen LogP contribution in [0.15, 0.2) is 94.9 Å². The largest absolute Gasteiger partial charge is 0.495 e. The molecule has 0 spiro atoms. The Morgan fingerprint density at radius 1 is 0.761 bits per heavy atom. The normalized spacial score (nSPS) is 14.7. The van der Waals surface area contributed by atoms with Crippen LogP contribution in [0, 0.1) is 6.92 Å². The summed E-state index contributed by atoms with van der Waals surface area (Å²) in [6.07, 6.45) is 0. The lowest BCUT2D eigenvalue weighted by Gasteiger charge is -2.40. The van der Waals surface area contributed by atoms with Crippen LogP contribution in [0.5, 0.6) is 23.0 Å². The fraction of sp³-hybridized carbons (Fsp3) is 0.171. The van der Waals surface area contributed by atoms with Crippen LogP contribution in [0.1, 0.15) is 22.9 Å². The number of amidine groups is 2. The number of aryl methyl sites for hydroxylation is 1. The second-order valence-electron chi connectivity index (χ2n) is 10.7. The van der Waals surface area contributed by atoms with Crippen LogP contribution in [0.2, 0.25) is 5.02 Å². The Morgan fingerprint density at radius 3 is 2.13 bits per heavy atom. The monoisotopic (exact) mass is 634 g/mol. The molecule has 4 aromatic carbocycles. The molecule has 3 heterocycles. The van der Waals surface area contributed by atoms with Crippen LogP contribution in [0.25, 0.3) is 5.69 Å². The highest BCUT2D eigenvalue weighted by molar-refractivity contribution is 6.51. The van der Waals surface area contributed by atoms with Crippen LogP contribution in [0.3, 0.4) is 0 Å². The van der Waals surface area contributed by atoms with Gasteiger partial charge in [-0.2, -0.15) is 5.10 Å². The molecule has 0 amide bonds. The number of fused-ring (bicyclic) bond motifs is 4. The summed E-state index contributed by atoms with van der Waals surface area (Å²) in [4.78, 5) is 12.5. The maximum Gasteiger partial charge on any atom is 0.203 e. The summed E-state index contributed by atoms with van der Waals surface area (Å²) in [6.45, 7) is 2.01. The molecule has 2 aliphatic rings. The number of benzene rings is 4. The van der Waals surface area contributed by atoms with E-state index in [1.165, 1.54) is 0 Å². The second kappa shape index (κ2) is 11.8. The third kappa shape index (κ3) is 4.78. The summed E-state index contributed by atoms with van der Waals surface area (Å²) < 4.78 is 24.5. The van der Waals surface area contributed by atoms with Crippen molar-refractivity contribution >= 4 is 46.2 Å². The molecule has 2 aliphatic heterocycles. The number of ether oxygens (including phenoxy) is 4. The first-order valence-corrected chi connectivity index (χ1v) is 14.9. The van der Waals surface area contributed by atoms with Crippen LogP contribution < -0.4 is 29.2 Å². The van der Waals surface area contributed by atoms with E-state index in [-0.39, 0.29) is 0 Å². The van der Waals surface area contributed by atoms with E-state index in [0.717, 1.165) is 39.6 Å². The van der Waals surface area contributed by atoms with Crippen LogP contribution in [0.4, 0.5) is 22.9 Å². The summed E-state index contributed by atoms with van der Waals surface area (Å²) in [5.41, 5.74) is 5.94. The molecule has 1 atom stereocenters. The van der Waals surface area contributed by atoms with Gasteiger partial charge in [-0.1, -0.05) is 41.9 Å². The number of halogens is 1. The Bertz CT molecular complexity index is 2000. The number of methoxy groups -OCH3 is 4. The Balaban J connectivity index is 1.50. The first kappa shape index (κ1) is 29.2. The molecule has 0 fully saturated rings. The minimum Gasteiger partial charge on any atom is -0.495 e.